The van der Waals surface area contributed by atoms with Gasteiger partial charge in [-0.3, -0.25) is 4.79 Å². The highest BCUT2D eigenvalue weighted by atomic mass is 16.2. The molecular formula is C16H26N2O. The van der Waals surface area contributed by atoms with Crippen molar-refractivity contribution in [1.29, 1.82) is 0 Å². The molecule has 0 aliphatic carbocycles. The van der Waals surface area contributed by atoms with Crippen LogP contribution >= 0.6 is 0 Å². The molecule has 0 bridgehead atoms. The highest BCUT2D eigenvalue weighted by Crippen LogP contribution is 2.09. The van der Waals surface area contributed by atoms with Crippen molar-refractivity contribution in [3.05, 3.63) is 35.9 Å². The third kappa shape index (κ3) is 6.39. The summed E-state index contributed by atoms with van der Waals surface area (Å²) in [4.78, 5) is 11.8. The van der Waals surface area contributed by atoms with E-state index in [0.29, 0.717) is 0 Å². The molecular weight excluding hydrogens is 236 g/mol. The highest BCUT2D eigenvalue weighted by Gasteiger charge is 2.14. The summed E-state index contributed by atoms with van der Waals surface area (Å²) in [6.07, 6.45) is 7.36. The molecule has 0 aliphatic heterocycles. The van der Waals surface area contributed by atoms with E-state index < -0.39 is 6.04 Å². The zero-order chi connectivity index (χ0) is 13.9. The second kappa shape index (κ2) is 9.56. The standard InChI is InChI=1S/C16H26N2O/c1-2-3-4-5-6-10-13-18-16(19)15(17)14-11-8-7-9-12-14/h7-9,11-12,15H,2-6,10,13,17H2,1H3,(H,18,19)/t15-/m0/s1. The monoisotopic (exact) mass is 262 g/mol. The molecule has 0 heterocycles. The Bertz CT molecular complexity index is 351. The lowest BCUT2D eigenvalue weighted by Crippen LogP contribution is -2.34. The first-order chi connectivity index (χ1) is 9.25. The summed E-state index contributed by atoms with van der Waals surface area (Å²) in [5.74, 6) is -0.0836. The number of amides is 1. The quantitative estimate of drug-likeness (QED) is 0.672. The number of hydrogen-bond acceptors (Lipinski definition) is 2. The molecule has 0 aliphatic rings. The van der Waals surface area contributed by atoms with Crippen molar-refractivity contribution in [3.63, 3.8) is 0 Å². The zero-order valence-electron chi connectivity index (χ0n) is 11.9. The lowest BCUT2D eigenvalue weighted by atomic mass is 10.1. The molecule has 3 heteroatoms. The van der Waals surface area contributed by atoms with Gasteiger partial charge in [-0.2, -0.15) is 0 Å². The van der Waals surface area contributed by atoms with Gasteiger partial charge < -0.3 is 11.1 Å². The normalized spacial score (nSPS) is 12.1. The van der Waals surface area contributed by atoms with Crippen molar-refractivity contribution >= 4 is 5.91 Å². The van der Waals surface area contributed by atoms with Crippen LogP contribution in [0.4, 0.5) is 0 Å². The Kier molecular flexibility index (Phi) is 7.91. The number of carbonyl (C=O) groups excluding carboxylic acids is 1. The topological polar surface area (TPSA) is 55.1 Å². The smallest absolute Gasteiger partial charge is 0.241 e. The summed E-state index contributed by atoms with van der Waals surface area (Å²) < 4.78 is 0. The second-order valence-electron chi connectivity index (χ2n) is 4.95. The second-order valence-corrected chi connectivity index (χ2v) is 4.95. The molecule has 3 N–H and O–H groups in total. The third-order valence-corrected chi connectivity index (χ3v) is 3.27. The van der Waals surface area contributed by atoms with Gasteiger partial charge in [0.1, 0.15) is 6.04 Å². The fraction of sp³-hybridized carbons (Fsp3) is 0.562. The average Bonchev–Trinajstić information content (AvgIpc) is 2.46. The maximum absolute atomic E-state index is 11.8. The van der Waals surface area contributed by atoms with Crippen molar-refractivity contribution in [3.8, 4) is 0 Å². The van der Waals surface area contributed by atoms with Crippen LogP contribution in [0.1, 0.15) is 57.1 Å². The van der Waals surface area contributed by atoms with E-state index in [4.69, 9.17) is 5.73 Å². The van der Waals surface area contributed by atoms with Crippen LogP contribution in [0.3, 0.4) is 0 Å². The van der Waals surface area contributed by atoms with E-state index in [9.17, 15) is 4.79 Å². The van der Waals surface area contributed by atoms with Crippen molar-refractivity contribution in [2.45, 2.75) is 51.5 Å². The fourth-order valence-corrected chi connectivity index (χ4v) is 2.04. The fourth-order valence-electron chi connectivity index (χ4n) is 2.04. The first-order valence-electron chi connectivity index (χ1n) is 7.34. The molecule has 106 valence electrons. The molecule has 3 nitrogen and oxygen atoms in total. The van der Waals surface area contributed by atoms with Gasteiger partial charge in [-0.25, -0.2) is 0 Å². The van der Waals surface area contributed by atoms with Gasteiger partial charge in [-0.05, 0) is 12.0 Å². The number of nitrogens with one attached hydrogen (secondary N) is 1. The molecule has 0 fully saturated rings. The number of benzene rings is 1. The Balaban J connectivity index is 2.14. The largest absolute Gasteiger partial charge is 0.354 e. The lowest BCUT2D eigenvalue weighted by molar-refractivity contribution is -0.122. The van der Waals surface area contributed by atoms with E-state index in [-0.39, 0.29) is 5.91 Å². The first kappa shape index (κ1) is 15.7. The van der Waals surface area contributed by atoms with Crippen molar-refractivity contribution in [2.24, 2.45) is 5.73 Å². The predicted molar refractivity (Wildman–Crippen MR) is 79.8 cm³/mol. The molecule has 1 atom stereocenters. The summed E-state index contributed by atoms with van der Waals surface area (Å²) >= 11 is 0. The molecule has 0 spiro atoms. The number of carbonyl (C=O) groups is 1. The SMILES string of the molecule is CCCCCCCCNC(=O)[C@@H](N)c1ccccc1. The van der Waals surface area contributed by atoms with Crippen LogP contribution in [-0.4, -0.2) is 12.5 Å². The molecule has 1 rings (SSSR count). The van der Waals surface area contributed by atoms with Crippen molar-refractivity contribution < 1.29 is 4.79 Å². The summed E-state index contributed by atoms with van der Waals surface area (Å²) in [7, 11) is 0. The van der Waals surface area contributed by atoms with E-state index in [0.717, 1.165) is 18.5 Å². The molecule has 0 saturated heterocycles. The van der Waals surface area contributed by atoms with Gasteiger partial charge in [0.25, 0.3) is 0 Å². The van der Waals surface area contributed by atoms with Crippen LogP contribution < -0.4 is 11.1 Å². The molecule has 0 unspecified atom stereocenters. The van der Waals surface area contributed by atoms with Gasteiger partial charge in [-0.1, -0.05) is 69.4 Å². The van der Waals surface area contributed by atoms with Gasteiger partial charge >= 0.3 is 0 Å². The number of rotatable bonds is 9. The Hall–Kier alpha value is -1.35. The Labute approximate surface area is 116 Å². The van der Waals surface area contributed by atoms with Gasteiger partial charge in [0, 0.05) is 6.54 Å². The van der Waals surface area contributed by atoms with Crippen molar-refractivity contribution in [1.82, 2.24) is 5.32 Å². The van der Waals surface area contributed by atoms with Gasteiger partial charge in [0.2, 0.25) is 5.91 Å². The molecule has 0 saturated carbocycles. The summed E-state index contributed by atoms with van der Waals surface area (Å²) in [6, 6.07) is 8.93. The number of hydrogen-bond donors (Lipinski definition) is 2. The van der Waals surface area contributed by atoms with E-state index in [1.165, 1.54) is 32.1 Å². The molecule has 1 amide bonds. The van der Waals surface area contributed by atoms with Gasteiger partial charge in [0.05, 0.1) is 0 Å². The van der Waals surface area contributed by atoms with Crippen LogP contribution in [0.2, 0.25) is 0 Å². The molecule has 1 aromatic carbocycles. The van der Waals surface area contributed by atoms with Gasteiger partial charge in [0.15, 0.2) is 0 Å². The zero-order valence-corrected chi connectivity index (χ0v) is 11.9. The molecule has 1 aromatic rings. The molecule has 0 radical (unpaired) electrons. The van der Waals surface area contributed by atoms with Crippen LogP contribution in [0.15, 0.2) is 30.3 Å². The predicted octanol–water partition coefficient (Wildman–Crippen LogP) is 3.16. The first-order valence-corrected chi connectivity index (χ1v) is 7.34. The minimum absolute atomic E-state index is 0.0836. The Morgan fingerprint density at radius 2 is 1.74 bits per heavy atom. The van der Waals surface area contributed by atoms with E-state index in [2.05, 4.69) is 12.2 Å². The van der Waals surface area contributed by atoms with Crippen LogP contribution in [-0.2, 0) is 4.79 Å². The van der Waals surface area contributed by atoms with Crippen LogP contribution in [0, 0.1) is 0 Å². The van der Waals surface area contributed by atoms with E-state index in [1.807, 2.05) is 30.3 Å². The summed E-state index contributed by atoms with van der Waals surface area (Å²) in [5.41, 5.74) is 6.77. The summed E-state index contributed by atoms with van der Waals surface area (Å²) in [6.45, 7) is 2.94. The van der Waals surface area contributed by atoms with E-state index in [1.54, 1.807) is 0 Å². The number of unbranched alkanes of at least 4 members (excludes halogenated alkanes) is 5. The van der Waals surface area contributed by atoms with Crippen molar-refractivity contribution in [2.75, 3.05) is 6.54 Å². The minimum atomic E-state index is -0.554. The lowest BCUT2D eigenvalue weighted by Gasteiger charge is -2.12. The maximum atomic E-state index is 11.8. The minimum Gasteiger partial charge on any atom is -0.354 e. The maximum Gasteiger partial charge on any atom is 0.241 e. The number of nitrogens with two attached hydrogens (primary N) is 1. The average molecular weight is 262 g/mol. The van der Waals surface area contributed by atoms with E-state index >= 15 is 0 Å². The third-order valence-electron chi connectivity index (χ3n) is 3.27. The van der Waals surface area contributed by atoms with Crippen LogP contribution in [0.25, 0.3) is 0 Å². The highest BCUT2D eigenvalue weighted by molar-refractivity contribution is 5.82. The summed E-state index contributed by atoms with van der Waals surface area (Å²) in [5, 5.41) is 2.91. The van der Waals surface area contributed by atoms with Gasteiger partial charge in [-0.15, -0.1) is 0 Å². The molecule has 19 heavy (non-hydrogen) atoms. The Morgan fingerprint density at radius 1 is 1.11 bits per heavy atom. The Morgan fingerprint density at radius 3 is 2.42 bits per heavy atom. The molecule has 0 aromatic heterocycles. The van der Waals surface area contributed by atoms with Crippen LogP contribution in [0.5, 0.6) is 0 Å².